The molecule has 18 heavy (non-hydrogen) atoms. The van der Waals surface area contributed by atoms with Crippen molar-refractivity contribution in [3.63, 3.8) is 0 Å². The molecule has 0 bridgehead atoms. The summed E-state index contributed by atoms with van der Waals surface area (Å²) in [5.41, 5.74) is -0.0669. The van der Waals surface area contributed by atoms with Crippen LogP contribution in [0.3, 0.4) is 0 Å². The molecule has 1 aromatic carbocycles. The van der Waals surface area contributed by atoms with Gasteiger partial charge in [0.2, 0.25) is 5.91 Å². The molecule has 2 rings (SSSR count). The minimum atomic E-state index is -1.26. The summed E-state index contributed by atoms with van der Waals surface area (Å²) in [5, 5.41) is 21.1. The second-order valence-corrected chi connectivity index (χ2v) is 6.04. The second kappa shape index (κ2) is 5.30. The first kappa shape index (κ1) is 13.4. The van der Waals surface area contributed by atoms with Crippen molar-refractivity contribution in [1.82, 2.24) is 5.32 Å². The van der Waals surface area contributed by atoms with Crippen molar-refractivity contribution in [2.45, 2.75) is 29.1 Å². The Kier molecular flexibility index (Phi) is 3.94. The smallest absolute Gasteiger partial charge is 0.233 e. The van der Waals surface area contributed by atoms with Crippen LogP contribution in [0.1, 0.15) is 12.5 Å². The molecule has 0 aliphatic carbocycles. The number of rotatable bonds is 4. The van der Waals surface area contributed by atoms with Crippen LogP contribution in [0.25, 0.3) is 0 Å². The van der Waals surface area contributed by atoms with E-state index >= 15 is 0 Å². The van der Waals surface area contributed by atoms with Gasteiger partial charge in [0.15, 0.2) is 0 Å². The number of carbonyl (C=O) groups is 1. The number of nitrogens with one attached hydrogen (secondary N) is 1. The van der Waals surface area contributed by atoms with Crippen molar-refractivity contribution >= 4 is 17.7 Å². The SMILES string of the molecule is CC(O)(CO)CNC(=O)C1Cc2ccccc2S1. The Hall–Kier alpha value is -1.04. The minimum Gasteiger partial charge on any atom is -0.393 e. The molecule has 5 heteroatoms. The highest BCUT2D eigenvalue weighted by Gasteiger charge is 2.29. The molecular weight excluding hydrogens is 250 g/mol. The number of fused-ring (bicyclic) bond motifs is 1. The van der Waals surface area contributed by atoms with Crippen LogP contribution in [-0.2, 0) is 11.2 Å². The molecule has 1 aliphatic rings. The van der Waals surface area contributed by atoms with Gasteiger partial charge in [-0.1, -0.05) is 18.2 Å². The second-order valence-electron chi connectivity index (χ2n) is 4.79. The van der Waals surface area contributed by atoms with E-state index in [9.17, 15) is 9.90 Å². The summed E-state index contributed by atoms with van der Waals surface area (Å²) in [5.74, 6) is -0.0927. The largest absolute Gasteiger partial charge is 0.393 e. The first-order valence-electron chi connectivity index (χ1n) is 5.87. The lowest BCUT2D eigenvalue weighted by molar-refractivity contribution is -0.122. The van der Waals surface area contributed by atoms with Crippen molar-refractivity contribution < 1.29 is 15.0 Å². The lowest BCUT2D eigenvalue weighted by Gasteiger charge is -2.21. The molecule has 0 spiro atoms. The number of aliphatic hydroxyl groups is 2. The van der Waals surface area contributed by atoms with Crippen LogP contribution in [-0.4, -0.2) is 40.1 Å². The third-order valence-electron chi connectivity index (χ3n) is 2.92. The monoisotopic (exact) mass is 267 g/mol. The number of hydrogen-bond acceptors (Lipinski definition) is 4. The van der Waals surface area contributed by atoms with Gasteiger partial charge in [0, 0.05) is 11.4 Å². The summed E-state index contributed by atoms with van der Waals surface area (Å²) in [7, 11) is 0. The maximum atomic E-state index is 12.0. The fourth-order valence-electron chi connectivity index (χ4n) is 1.78. The van der Waals surface area contributed by atoms with Gasteiger partial charge in [-0.2, -0.15) is 0 Å². The van der Waals surface area contributed by atoms with E-state index in [2.05, 4.69) is 5.32 Å². The molecule has 1 amide bonds. The number of benzene rings is 1. The molecule has 1 aromatic rings. The zero-order valence-corrected chi connectivity index (χ0v) is 11.0. The topological polar surface area (TPSA) is 69.6 Å². The minimum absolute atomic E-state index is 0.0652. The molecule has 3 N–H and O–H groups in total. The number of thioether (sulfide) groups is 1. The normalized spacial score (nSPS) is 21.2. The zero-order valence-electron chi connectivity index (χ0n) is 10.2. The molecule has 0 aromatic heterocycles. The summed E-state index contributed by atoms with van der Waals surface area (Å²) < 4.78 is 0. The van der Waals surface area contributed by atoms with E-state index < -0.39 is 5.60 Å². The van der Waals surface area contributed by atoms with Gasteiger partial charge in [0.05, 0.1) is 11.9 Å². The molecule has 98 valence electrons. The Bertz CT molecular complexity index is 423. The van der Waals surface area contributed by atoms with Crippen molar-refractivity contribution in [2.24, 2.45) is 0 Å². The molecule has 2 atom stereocenters. The van der Waals surface area contributed by atoms with Crippen LogP contribution in [0, 0.1) is 0 Å². The number of hydrogen-bond donors (Lipinski definition) is 3. The molecule has 4 nitrogen and oxygen atoms in total. The van der Waals surface area contributed by atoms with E-state index in [-0.39, 0.29) is 24.3 Å². The number of carbonyl (C=O) groups excluding carboxylic acids is 1. The molecule has 0 saturated heterocycles. The van der Waals surface area contributed by atoms with Gasteiger partial charge in [-0.3, -0.25) is 4.79 Å². The van der Waals surface area contributed by atoms with E-state index in [4.69, 9.17) is 5.11 Å². The molecule has 2 unspecified atom stereocenters. The predicted octanol–water partition coefficient (Wildman–Crippen LogP) is 0.563. The summed E-state index contributed by atoms with van der Waals surface area (Å²) in [6, 6.07) is 7.97. The van der Waals surface area contributed by atoms with Gasteiger partial charge in [-0.15, -0.1) is 11.8 Å². The third kappa shape index (κ3) is 3.04. The number of amides is 1. The lowest BCUT2D eigenvalue weighted by atomic mass is 10.1. The van der Waals surface area contributed by atoms with Crippen LogP contribution in [0.2, 0.25) is 0 Å². The van der Waals surface area contributed by atoms with E-state index in [1.807, 2.05) is 24.3 Å². The van der Waals surface area contributed by atoms with Crippen LogP contribution in [0.15, 0.2) is 29.2 Å². The van der Waals surface area contributed by atoms with E-state index in [1.165, 1.54) is 12.5 Å². The molecule has 0 fully saturated rings. The summed E-state index contributed by atoms with van der Waals surface area (Å²) in [6.07, 6.45) is 0.716. The summed E-state index contributed by atoms with van der Waals surface area (Å²) in [6.45, 7) is 1.19. The van der Waals surface area contributed by atoms with Gasteiger partial charge in [-0.25, -0.2) is 0 Å². The first-order valence-corrected chi connectivity index (χ1v) is 6.75. The quantitative estimate of drug-likeness (QED) is 0.745. The highest BCUT2D eigenvalue weighted by atomic mass is 32.2. The van der Waals surface area contributed by atoms with Crippen LogP contribution in [0.4, 0.5) is 0 Å². The van der Waals surface area contributed by atoms with E-state index in [0.717, 1.165) is 4.90 Å². The van der Waals surface area contributed by atoms with Gasteiger partial charge in [0.25, 0.3) is 0 Å². The predicted molar refractivity (Wildman–Crippen MR) is 70.5 cm³/mol. The highest BCUT2D eigenvalue weighted by Crippen LogP contribution is 2.36. The van der Waals surface area contributed by atoms with E-state index in [0.29, 0.717) is 6.42 Å². The Labute approximate surface area is 110 Å². The average Bonchev–Trinajstić information content (AvgIpc) is 2.80. The third-order valence-corrected chi connectivity index (χ3v) is 4.24. The summed E-state index contributed by atoms with van der Waals surface area (Å²) in [4.78, 5) is 13.1. The molecule has 1 aliphatic heterocycles. The fraction of sp³-hybridized carbons (Fsp3) is 0.462. The van der Waals surface area contributed by atoms with Gasteiger partial charge in [-0.05, 0) is 25.0 Å². The van der Waals surface area contributed by atoms with Crippen molar-refractivity contribution in [3.05, 3.63) is 29.8 Å². The van der Waals surface area contributed by atoms with Gasteiger partial charge < -0.3 is 15.5 Å². The fourth-order valence-corrected chi connectivity index (χ4v) is 3.00. The summed E-state index contributed by atoms with van der Waals surface area (Å²) >= 11 is 1.55. The van der Waals surface area contributed by atoms with Gasteiger partial charge >= 0.3 is 0 Å². The average molecular weight is 267 g/mol. The molecule has 0 saturated carbocycles. The van der Waals surface area contributed by atoms with E-state index in [1.54, 1.807) is 11.8 Å². The molecule has 1 heterocycles. The first-order chi connectivity index (χ1) is 8.52. The Morgan fingerprint density at radius 3 is 2.94 bits per heavy atom. The Balaban J connectivity index is 1.90. The van der Waals surface area contributed by atoms with Crippen molar-refractivity contribution in [3.8, 4) is 0 Å². The van der Waals surface area contributed by atoms with Crippen molar-refractivity contribution in [1.29, 1.82) is 0 Å². The Morgan fingerprint density at radius 1 is 1.56 bits per heavy atom. The highest BCUT2D eigenvalue weighted by molar-refractivity contribution is 8.01. The number of aliphatic hydroxyl groups excluding tert-OH is 1. The van der Waals surface area contributed by atoms with Crippen molar-refractivity contribution in [2.75, 3.05) is 13.2 Å². The van der Waals surface area contributed by atoms with Gasteiger partial charge in [0.1, 0.15) is 5.60 Å². The van der Waals surface area contributed by atoms with Crippen LogP contribution < -0.4 is 5.32 Å². The molecule has 0 radical (unpaired) electrons. The maximum Gasteiger partial charge on any atom is 0.233 e. The van der Waals surface area contributed by atoms with Crippen LogP contribution in [0.5, 0.6) is 0 Å². The molecular formula is C13H17NO3S. The lowest BCUT2D eigenvalue weighted by Crippen LogP contribution is -2.45. The standard InChI is InChI=1S/C13H17NO3S/c1-13(17,8-15)7-14-12(16)11-6-9-4-2-3-5-10(9)18-11/h2-5,11,15,17H,6-8H2,1H3,(H,14,16). The zero-order chi connectivity index (χ0) is 13.2. The van der Waals surface area contributed by atoms with Crippen LogP contribution >= 0.6 is 11.8 Å². The maximum absolute atomic E-state index is 12.0. The Morgan fingerprint density at radius 2 is 2.28 bits per heavy atom.